The van der Waals surface area contributed by atoms with Crippen LogP contribution >= 0.6 is 23.2 Å². The van der Waals surface area contributed by atoms with Gasteiger partial charge in [-0.2, -0.15) is 18.3 Å². The Morgan fingerprint density at radius 3 is 2.38 bits per heavy atom. The molecule has 0 unspecified atom stereocenters. The van der Waals surface area contributed by atoms with Gasteiger partial charge in [-0.15, -0.1) is 0 Å². The van der Waals surface area contributed by atoms with Crippen molar-refractivity contribution in [2.45, 2.75) is 6.18 Å². The second kappa shape index (κ2) is 6.32. The molecule has 1 N–H and O–H groups in total. The summed E-state index contributed by atoms with van der Waals surface area (Å²) >= 11 is 11.4. The zero-order chi connectivity index (χ0) is 15.5. The van der Waals surface area contributed by atoms with Crippen LogP contribution in [0, 0.1) is 0 Å². The first-order valence-corrected chi connectivity index (χ1v) is 6.39. The molecule has 0 fully saturated rings. The molecule has 0 aliphatic heterocycles. The van der Waals surface area contributed by atoms with Gasteiger partial charge in [0.15, 0.2) is 0 Å². The predicted octanol–water partition coefficient (Wildman–Crippen LogP) is 4.85. The van der Waals surface area contributed by atoms with E-state index in [1.54, 1.807) is 0 Å². The maximum atomic E-state index is 12.5. The minimum absolute atomic E-state index is 0.197. The summed E-state index contributed by atoms with van der Waals surface area (Å²) in [6, 6.07) is 7.75. The quantitative estimate of drug-likeness (QED) is 0.495. The van der Waals surface area contributed by atoms with Crippen LogP contribution in [0.15, 0.2) is 41.5 Å². The zero-order valence-corrected chi connectivity index (χ0v) is 11.8. The SMILES string of the molecule is FC(F)(F)c1cccc(NN=Cc2cc(Cl)nc(Cl)c2)c1. The third-order valence-electron chi connectivity index (χ3n) is 2.38. The molecule has 1 aromatic carbocycles. The highest BCUT2D eigenvalue weighted by atomic mass is 35.5. The number of hydrogen-bond acceptors (Lipinski definition) is 3. The van der Waals surface area contributed by atoms with Gasteiger partial charge in [0, 0.05) is 5.56 Å². The second-order valence-electron chi connectivity index (χ2n) is 3.99. The Kier molecular flexibility index (Phi) is 4.69. The van der Waals surface area contributed by atoms with E-state index in [1.807, 2.05) is 0 Å². The van der Waals surface area contributed by atoms with Crippen molar-refractivity contribution >= 4 is 35.1 Å². The fourth-order valence-electron chi connectivity index (χ4n) is 1.50. The second-order valence-corrected chi connectivity index (χ2v) is 4.77. The number of hydrazone groups is 1. The van der Waals surface area contributed by atoms with Crippen LogP contribution in [-0.4, -0.2) is 11.2 Å². The number of anilines is 1. The Morgan fingerprint density at radius 2 is 1.76 bits per heavy atom. The highest BCUT2D eigenvalue weighted by Gasteiger charge is 2.30. The molecule has 21 heavy (non-hydrogen) atoms. The lowest BCUT2D eigenvalue weighted by atomic mass is 10.2. The lowest BCUT2D eigenvalue weighted by molar-refractivity contribution is -0.137. The Balaban J connectivity index is 2.11. The highest BCUT2D eigenvalue weighted by Crippen LogP contribution is 2.30. The molecule has 0 aliphatic carbocycles. The highest BCUT2D eigenvalue weighted by molar-refractivity contribution is 6.32. The number of rotatable bonds is 3. The molecule has 0 spiro atoms. The lowest BCUT2D eigenvalue weighted by Crippen LogP contribution is -2.05. The Morgan fingerprint density at radius 1 is 1.10 bits per heavy atom. The van der Waals surface area contributed by atoms with E-state index in [0.29, 0.717) is 5.56 Å². The molecule has 3 nitrogen and oxygen atoms in total. The van der Waals surface area contributed by atoms with E-state index in [4.69, 9.17) is 23.2 Å². The van der Waals surface area contributed by atoms with Crippen LogP contribution in [0.25, 0.3) is 0 Å². The largest absolute Gasteiger partial charge is 0.416 e. The smallest absolute Gasteiger partial charge is 0.278 e. The fraction of sp³-hybridized carbons (Fsp3) is 0.0769. The van der Waals surface area contributed by atoms with E-state index in [1.165, 1.54) is 30.5 Å². The third-order valence-corrected chi connectivity index (χ3v) is 2.77. The third kappa shape index (κ3) is 4.61. The fourth-order valence-corrected chi connectivity index (χ4v) is 1.98. The molecule has 0 radical (unpaired) electrons. The van der Waals surface area contributed by atoms with Gasteiger partial charge in [0.1, 0.15) is 10.3 Å². The minimum Gasteiger partial charge on any atom is -0.278 e. The standard InChI is InChI=1S/C13H8Cl2F3N3/c14-11-4-8(5-12(15)20-11)7-19-21-10-3-1-2-9(6-10)13(16,17)18/h1-7,21H. The number of nitrogens with zero attached hydrogens (tertiary/aromatic N) is 2. The van der Waals surface area contributed by atoms with Crippen molar-refractivity contribution in [2.24, 2.45) is 5.10 Å². The summed E-state index contributed by atoms with van der Waals surface area (Å²) in [4.78, 5) is 3.76. The summed E-state index contributed by atoms with van der Waals surface area (Å²) < 4.78 is 37.6. The van der Waals surface area contributed by atoms with Crippen molar-refractivity contribution in [3.63, 3.8) is 0 Å². The van der Waals surface area contributed by atoms with E-state index in [0.717, 1.165) is 12.1 Å². The van der Waals surface area contributed by atoms with Crippen molar-refractivity contribution in [1.29, 1.82) is 0 Å². The molecule has 0 saturated carbocycles. The summed E-state index contributed by atoms with van der Waals surface area (Å²) in [6.45, 7) is 0. The Labute approximate surface area is 128 Å². The van der Waals surface area contributed by atoms with Gasteiger partial charge in [-0.3, -0.25) is 5.43 Å². The molecule has 110 valence electrons. The zero-order valence-electron chi connectivity index (χ0n) is 10.3. The number of alkyl halides is 3. The van der Waals surface area contributed by atoms with Crippen LogP contribution in [0.2, 0.25) is 10.3 Å². The van der Waals surface area contributed by atoms with Crippen molar-refractivity contribution in [2.75, 3.05) is 5.43 Å². The summed E-state index contributed by atoms with van der Waals surface area (Å²) in [5, 5.41) is 4.22. The van der Waals surface area contributed by atoms with Crippen LogP contribution < -0.4 is 5.43 Å². The first-order chi connectivity index (χ1) is 9.84. The molecule has 0 saturated heterocycles. The van der Waals surface area contributed by atoms with Gasteiger partial charge in [-0.25, -0.2) is 4.98 Å². The topological polar surface area (TPSA) is 37.3 Å². The van der Waals surface area contributed by atoms with E-state index in [-0.39, 0.29) is 16.0 Å². The Bertz CT molecular complexity index is 652. The summed E-state index contributed by atoms with van der Waals surface area (Å²) in [7, 11) is 0. The maximum Gasteiger partial charge on any atom is 0.416 e. The van der Waals surface area contributed by atoms with E-state index >= 15 is 0 Å². The van der Waals surface area contributed by atoms with Crippen LogP contribution in [-0.2, 0) is 6.18 Å². The summed E-state index contributed by atoms with van der Waals surface area (Å²) in [5.74, 6) is 0. The molecule has 0 aliphatic rings. The average molecular weight is 334 g/mol. The molecular weight excluding hydrogens is 326 g/mol. The number of pyridine rings is 1. The molecule has 1 aromatic heterocycles. The van der Waals surface area contributed by atoms with E-state index in [2.05, 4.69) is 15.5 Å². The predicted molar refractivity (Wildman–Crippen MR) is 76.9 cm³/mol. The summed E-state index contributed by atoms with van der Waals surface area (Å²) in [6.07, 6.45) is -3.02. The van der Waals surface area contributed by atoms with Gasteiger partial charge >= 0.3 is 6.18 Å². The number of nitrogens with one attached hydrogen (secondary N) is 1. The molecule has 1 heterocycles. The molecule has 0 bridgehead atoms. The van der Waals surface area contributed by atoms with Crippen molar-refractivity contribution < 1.29 is 13.2 Å². The molecule has 8 heteroatoms. The van der Waals surface area contributed by atoms with Gasteiger partial charge in [-0.1, -0.05) is 29.3 Å². The molecule has 0 atom stereocenters. The summed E-state index contributed by atoms with van der Waals surface area (Å²) in [5.41, 5.74) is 2.54. The minimum atomic E-state index is -4.40. The monoisotopic (exact) mass is 333 g/mol. The molecule has 0 amide bonds. The van der Waals surface area contributed by atoms with Gasteiger partial charge in [0.2, 0.25) is 0 Å². The van der Waals surface area contributed by atoms with Gasteiger partial charge < -0.3 is 0 Å². The number of benzene rings is 1. The molecular formula is C13H8Cl2F3N3. The van der Waals surface area contributed by atoms with E-state index < -0.39 is 11.7 Å². The van der Waals surface area contributed by atoms with E-state index in [9.17, 15) is 13.2 Å². The van der Waals surface area contributed by atoms with Crippen molar-refractivity contribution in [3.8, 4) is 0 Å². The van der Waals surface area contributed by atoms with Gasteiger partial charge in [-0.05, 0) is 30.3 Å². The van der Waals surface area contributed by atoms with Gasteiger partial charge in [0.05, 0.1) is 17.5 Å². The van der Waals surface area contributed by atoms with Crippen LogP contribution in [0.1, 0.15) is 11.1 Å². The first kappa shape index (κ1) is 15.6. The number of aromatic nitrogens is 1. The van der Waals surface area contributed by atoms with Crippen LogP contribution in [0.4, 0.5) is 18.9 Å². The first-order valence-electron chi connectivity index (χ1n) is 5.64. The molecule has 2 aromatic rings. The lowest BCUT2D eigenvalue weighted by Gasteiger charge is -2.08. The average Bonchev–Trinajstić information content (AvgIpc) is 2.37. The Hall–Kier alpha value is -1.79. The van der Waals surface area contributed by atoms with Gasteiger partial charge in [0.25, 0.3) is 0 Å². The molecule has 2 rings (SSSR count). The number of hydrogen-bond donors (Lipinski definition) is 1. The van der Waals surface area contributed by atoms with Crippen molar-refractivity contribution in [3.05, 3.63) is 57.8 Å². The van der Waals surface area contributed by atoms with Crippen molar-refractivity contribution in [1.82, 2.24) is 4.98 Å². The number of halogens is 5. The van der Waals surface area contributed by atoms with Crippen LogP contribution in [0.3, 0.4) is 0 Å². The van der Waals surface area contributed by atoms with Crippen LogP contribution in [0.5, 0.6) is 0 Å². The maximum absolute atomic E-state index is 12.5. The normalized spacial score (nSPS) is 11.9.